The van der Waals surface area contributed by atoms with Gasteiger partial charge in [-0.05, 0) is 112 Å². The third kappa shape index (κ3) is 17.0. The summed E-state index contributed by atoms with van der Waals surface area (Å²) in [6.45, 7) is 17.8. The molecule has 19 atom stereocenters. The van der Waals surface area contributed by atoms with Gasteiger partial charge in [0.25, 0.3) is 0 Å². The lowest BCUT2D eigenvalue weighted by Crippen LogP contribution is -2.61. The molecule has 1 aromatic rings. The van der Waals surface area contributed by atoms with Gasteiger partial charge < -0.3 is 71.4 Å². The van der Waals surface area contributed by atoms with E-state index in [1.54, 1.807) is 53.0 Å². The molecule has 0 radical (unpaired) electrons. The van der Waals surface area contributed by atoms with Crippen molar-refractivity contribution in [2.45, 2.75) is 232 Å². The molecule has 0 aliphatic carbocycles. The molecule has 1 spiro atoms. The Morgan fingerprint density at radius 3 is 2.30 bits per heavy atom. The van der Waals surface area contributed by atoms with Gasteiger partial charge in [0.1, 0.15) is 49.5 Å². The fourth-order valence-corrected chi connectivity index (χ4v) is 16.4. The summed E-state index contributed by atoms with van der Waals surface area (Å²) in [7, 11) is 4.84. The highest BCUT2D eigenvalue weighted by atomic mass is 33.1. The van der Waals surface area contributed by atoms with E-state index in [1.807, 2.05) is 20.1 Å². The van der Waals surface area contributed by atoms with E-state index in [4.69, 9.17) is 71.8 Å². The summed E-state index contributed by atoms with van der Waals surface area (Å²) in [5.74, 6) is -1.46. The van der Waals surface area contributed by atoms with Gasteiger partial charge in [0.15, 0.2) is 5.79 Å². The molecule has 10 saturated heterocycles. The molecule has 10 aliphatic heterocycles. The zero-order chi connectivity index (χ0) is 61.2. The number of carbonyl (C=O) groups excluding carboxylic acids is 3. The largest absolute Gasteiger partial charge is 0.461 e. The molecule has 87 heavy (non-hydrogen) atoms. The molecule has 484 valence electrons. The number of methoxy groups -OCH3 is 1. The number of aliphatic hydroxyl groups excluding tert-OH is 1. The Morgan fingerprint density at radius 2 is 1.53 bits per heavy atom. The number of carbonyl (C=O) groups is 3. The molecule has 10 heterocycles. The SMILES string of the molecule is C=C1C[C@@H]2CC[C@@]34C[C@H]5O[C@H]6[C@@H](O3)[C@H]3O[C@H](CC[C@@H]3O[C@H]6[C@H]5O4)CC(=O)C[C@@H]3[C@@H](OC)[C@@H](C[C@H](O)CCC(=O)OCc4ccc(N(CCOCCOCCOCCN=[N+]=[N-])C(=O)OCC(C)(C)SSC)cc4)O[C@H]3C[C@H]3O[C@@H](CC[C@@H]1O2)C[C@@H](C)C3=C. The Labute approximate surface area is 519 Å². The molecular weight excluding hydrogens is 1160 g/mol. The molecule has 11 rings (SSSR count). The predicted molar refractivity (Wildman–Crippen MR) is 323 cm³/mol. The van der Waals surface area contributed by atoms with Crippen LogP contribution in [-0.2, 0) is 82.5 Å². The van der Waals surface area contributed by atoms with Crippen LogP contribution in [-0.4, -0.2) is 204 Å². The molecule has 12 bridgehead atoms. The second kappa shape index (κ2) is 30.8. The number of Topliss-reactive ketones (excluding diaryl/α,β-unsaturated/α-hetero) is 1. The molecule has 22 nitrogen and oxygen atoms in total. The van der Waals surface area contributed by atoms with Gasteiger partial charge >= 0.3 is 12.1 Å². The van der Waals surface area contributed by atoms with Crippen molar-refractivity contribution in [3.05, 3.63) is 64.6 Å². The summed E-state index contributed by atoms with van der Waals surface area (Å²) in [5.41, 5.74) is 11.7. The Bertz CT molecular complexity index is 2550. The van der Waals surface area contributed by atoms with Crippen LogP contribution in [0.15, 0.2) is 53.7 Å². The van der Waals surface area contributed by atoms with E-state index in [1.165, 1.54) is 4.90 Å². The average Bonchev–Trinajstić information content (AvgIpc) is 1.60. The highest BCUT2D eigenvalue weighted by Gasteiger charge is 2.69. The number of hydrogen-bond acceptors (Lipinski definition) is 21. The number of ketones is 1. The van der Waals surface area contributed by atoms with Gasteiger partial charge in [-0.15, -0.1) is 0 Å². The Morgan fingerprint density at radius 1 is 0.816 bits per heavy atom. The summed E-state index contributed by atoms with van der Waals surface area (Å²) in [6, 6.07) is 7.11. The van der Waals surface area contributed by atoms with Crippen LogP contribution < -0.4 is 4.90 Å². The van der Waals surface area contributed by atoms with Crippen molar-refractivity contribution >= 4 is 45.1 Å². The average molecular weight is 1260 g/mol. The summed E-state index contributed by atoms with van der Waals surface area (Å²) in [4.78, 5) is 45.6. The second-order valence-corrected chi connectivity index (χ2v) is 28.7. The van der Waals surface area contributed by atoms with Crippen LogP contribution >= 0.6 is 21.6 Å². The first-order chi connectivity index (χ1) is 42.0. The van der Waals surface area contributed by atoms with Gasteiger partial charge in [-0.2, -0.15) is 0 Å². The molecule has 1 N–H and O–H groups in total. The zero-order valence-electron chi connectivity index (χ0n) is 51.3. The maximum atomic E-state index is 14.5. The first-order valence-electron chi connectivity index (χ1n) is 31.5. The first-order valence-corrected chi connectivity index (χ1v) is 34.1. The van der Waals surface area contributed by atoms with Crippen molar-refractivity contribution in [3.8, 4) is 0 Å². The number of rotatable bonds is 25. The van der Waals surface area contributed by atoms with E-state index < -0.39 is 54.5 Å². The van der Waals surface area contributed by atoms with Gasteiger partial charge in [-0.1, -0.05) is 58.9 Å². The third-order valence-corrected chi connectivity index (χ3v) is 21.3. The van der Waals surface area contributed by atoms with Crippen LogP contribution in [0.1, 0.15) is 123 Å². The fourth-order valence-electron chi connectivity index (χ4n) is 14.3. The van der Waals surface area contributed by atoms with Crippen molar-refractivity contribution in [2.24, 2.45) is 17.0 Å². The Hall–Kier alpha value is -3.40. The third-order valence-electron chi connectivity index (χ3n) is 18.7. The van der Waals surface area contributed by atoms with Gasteiger partial charge in [-0.25, -0.2) is 4.79 Å². The van der Waals surface area contributed by atoms with Crippen molar-refractivity contribution < 1.29 is 85.8 Å². The topological polar surface area (TPSA) is 253 Å². The number of amides is 1. The van der Waals surface area contributed by atoms with Crippen LogP contribution in [0.5, 0.6) is 0 Å². The maximum Gasteiger partial charge on any atom is 0.414 e. The quantitative estimate of drug-likeness (QED) is 0.0182. The zero-order valence-corrected chi connectivity index (χ0v) is 52.9. The smallest absolute Gasteiger partial charge is 0.414 e. The van der Waals surface area contributed by atoms with E-state index in [9.17, 15) is 19.5 Å². The summed E-state index contributed by atoms with van der Waals surface area (Å²) in [5, 5.41) is 15.0. The molecule has 24 heteroatoms. The number of benzene rings is 1. The fraction of sp³-hybridized carbons (Fsp3) is 0.794. The van der Waals surface area contributed by atoms with Gasteiger partial charge in [0.2, 0.25) is 0 Å². The Kier molecular flexibility index (Phi) is 23.6. The first kappa shape index (κ1) is 66.5. The van der Waals surface area contributed by atoms with Crippen LogP contribution in [0.3, 0.4) is 0 Å². The second-order valence-electron chi connectivity index (χ2n) is 25.6. The number of anilines is 1. The van der Waals surface area contributed by atoms with Crippen molar-refractivity contribution in [1.29, 1.82) is 0 Å². The minimum Gasteiger partial charge on any atom is -0.461 e. The van der Waals surface area contributed by atoms with E-state index in [2.05, 4.69) is 30.1 Å². The lowest BCUT2D eigenvalue weighted by Gasteiger charge is -2.47. The van der Waals surface area contributed by atoms with Crippen molar-refractivity contribution in [1.82, 2.24) is 0 Å². The molecule has 0 unspecified atom stereocenters. The molecule has 10 aliphatic rings. The lowest BCUT2D eigenvalue weighted by molar-refractivity contribution is -0.292. The number of hydrogen-bond donors (Lipinski definition) is 1. The van der Waals surface area contributed by atoms with E-state index >= 15 is 0 Å². The molecule has 0 aromatic heterocycles. The van der Waals surface area contributed by atoms with Crippen LogP contribution in [0, 0.1) is 11.8 Å². The van der Waals surface area contributed by atoms with E-state index in [0.29, 0.717) is 70.0 Å². The molecule has 1 amide bonds. The normalized spacial score (nSPS) is 35.9. The summed E-state index contributed by atoms with van der Waals surface area (Å²) in [6.07, 6.45) is 3.91. The molecular formula is C63H92N4O18S2. The number of aliphatic hydroxyl groups is 1. The Balaban J connectivity index is 0.744. The summed E-state index contributed by atoms with van der Waals surface area (Å²) < 4.78 is 88.8. The van der Waals surface area contributed by atoms with Gasteiger partial charge in [0, 0.05) is 75.1 Å². The number of nitrogens with zero attached hydrogens (tertiary/aromatic N) is 4. The minimum absolute atomic E-state index is 0.00429. The number of ether oxygens (including phenoxy) is 14. The monoisotopic (exact) mass is 1260 g/mol. The van der Waals surface area contributed by atoms with Crippen molar-refractivity contribution in [3.63, 3.8) is 0 Å². The van der Waals surface area contributed by atoms with Crippen LogP contribution in [0.25, 0.3) is 10.4 Å². The highest BCUT2D eigenvalue weighted by Crippen LogP contribution is 2.55. The number of fused-ring (bicyclic) bond motifs is 6. The van der Waals surface area contributed by atoms with Gasteiger partial charge in [0.05, 0.1) is 118 Å². The van der Waals surface area contributed by atoms with Gasteiger partial charge in [-0.3, -0.25) is 14.5 Å². The van der Waals surface area contributed by atoms with Crippen molar-refractivity contribution in [2.75, 3.05) is 77.6 Å². The standard InChI is InChI=1S/C63H92N4O18S2/c1-37-28-44-13-15-48-38(2)29-46(78-48)18-19-63-34-53-57(84-63)58-59(83-53)60(85-63)56-49(82-58)16-14-45(80-56)30-43(69)31-47-51(33-50(79-44)39(37)3)81-52(55(47)72-6)32-42(68)12-17-54(70)76-35-40-8-10-41(11-9-40)67(61(71)77-36-62(4,5)87-86-7)21-23-74-25-27-75-26-24-73-22-20-65-66-64/h8-11,37,42,44-53,55-60,68H,2-3,12-36H2,1,4-7H3/t37-,42-,44+,45-,46+,47+,48+,49+,50-,51+,52-,53-,55-,56+,57+,58+,59-,60+,63+/m1/s1. The lowest BCUT2D eigenvalue weighted by atomic mass is 9.81. The number of azide groups is 1. The predicted octanol–water partition coefficient (Wildman–Crippen LogP) is 9.10. The van der Waals surface area contributed by atoms with E-state index in [-0.39, 0.29) is 148 Å². The summed E-state index contributed by atoms with van der Waals surface area (Å²) >= 11 is 0. The van der Waals surface area contributed by atoms with E-state index in [0.717, 1.165) is 49.7 Å². The highest BCUT2D eigenvalue weighted by molar-refractivity contribution is 8.77. The number of esters is 1. The van der Waals surface area contributed by atoms with Crippen LogP contribution in [0.4, 0.5) is 10.5 Å². The molecule has 0 saturated carbocycles. The minimum atomic E-state index is -0.946. The molecule has 10 fully saturated rings. The van der Waals surface area contributed by atoms with Crippen LogP contribution in [0.2, 0.25) is 0 Å². The molecule has 1 aromatic carbocycles. The maximum absolute atomic E-state index is 14.5.